The standard InChI is InChI=1S/C12H17ClN2O/c1-3-5-12(2,14)11(16)7-9-4-6-15-8-10(9)13/h4,6,8H,3,5,7,14H2,1-2H3. The molecule has 4 heteroatoms. The van der Waals surface area contributed by atoms with Gasteiger partial charge in [-0.3, -0.25) is 9.78 Å². The van der Waals surface area contributed by atoms with E-state index in [2.05, 4.69) is 4.98 Å². The highest BCUT2D eigenvalue weighted by Crippen LogP contribution is 2.18. The molecule has 1 heterocycles. The second kappa shape index (κ2) is 5.41. The molecule has 88 valence electrons. The number of hydrogen-bond donors (Lipinski definition) is 1. The molecule has 0 aliphatic heterocycles. The van der Waals surface area contributed by atoms with E-state index in [1.54, 1.807) is 19.2 Å². The van der Waals surface area contributed by atoms with Crippen LogP contribution in [-0.2, 0) is 11.2 Å². The number of Topliss-reactive ketones (excluding diaryl/α,β-unsaturated/α-hetero) is 1. The quantitative estimate of drug-likeness (QED) is 0.860. The van der Waals surface area contributed by atoms with Crippen molar-refractivity contribution in [3.8, 4) is 0 Å². The highest BCUT2D eigenvalue weighted by molar-refractivity contribution is 6.31. The zero-order valence-electron chi connectivity index (χ0n) is 9.66. The predicted octanol–water partition coefficient (Wildman–Crippen LogP) is 2.36. The van der Waals surface area contributed by atoms with Gasteiger partial charge in [-0.1, -0.05) is 24.9 Å². The molecule has 0 amide bonds. The van der Waals surface area contributed by atoms with Gasteiger partial charge in [0.05, 0.1) is 10.6 Å². The van der Waals surface area contributed by atoms with Crippen molar-refractivity contribution in [3.63, 3.8) is 0 Å². The van der Waals surface area contributed by atoms with Gasteiger partial charge in [0, 0.05) is 18.8 Å². The maximum absolute atomic E-state index is 12.0. The van der Waals surface area contributed by atoms with Crippen molar-refractivity contribution in [3.05, 3.63) is 29.0 Å². The fourth-order valence-corrected chi connectivity index (χ4v) is 1.77. The van der Waals surface area contributed by atoms with E-state index in [1.165, 1.54) is 6.20 Å². The molecule has 0 saturated carbocycles. The minimum Gasteiger partial charge on any atom is -0.319 e. The second-order valence-electron chi connectivity index (χ2n) is 4.23. The van der Waals surface area contributed by atoms with Crippen LogP contribution in [0.4, 0.5) is 0 Å². The van der Waals surface area contributed by atoms with Gasteiger partial charge < -0.3 is 5.73 Å². The lowest BCUT2D eigenvalue weighted by Gasteiger charge is -2.22. The molecule has 1 aromatic rings. The summed E-state index contributed by atoms with van der Waals surface area (Å²) in [6, 6.07) is 1.75. The average molecular weight is 241 g/mol. The van der Waals surface area contributed by atoms with Crippen molar-refractivity contribution < 1.29 is 4.79 Å². The number of aromatic nitrogens is 1. The maximum atomic E-state index is 12.0. The van der Waals surface area contributed by atoms with Gasteiger partial charge in [0.25, 0.3) is 0 Å². The summed E-state index contributed by atoms with van der Waals surface area (Å²) in [5, 5.41) is 0.517. The summed E-state index contributed by atoms with van der Waals surface area (Å²) in [6.07, 6.45) is 5.02. The molecule has 0 fully saturated rings. The van der Waals surface area contributed by atoms with E-state index in [9.17, 15) is 4.79 Å². The van der Waals surface area contributed by atoms with Crippen LogP contribution in [0.15, 0.2) is 18.5 Å². The summed E-state index contributed by atoms with van der Waals surface area (Å²) in [4.78, 5) is 15.8. The van der Waals surface area contributed by atoms with Crippen LogP contribution in [0.2, 0.25) is 5.02 Å². The van der Waals surface area contributed by atoms with Crippen LogP contribution in [0.1, 0.15) is 32.3 Å². The number of nitrogens with zero attached hydrogens (tertiary/aromatic N) is 1. The second-order valence-corrected chi connectivity index (χ2v) is 4.64. The molecular formula is C12H17ClN2O. The summed E-state index contributed by atoms with van der Waals surface area (Å²) >= 11 is 5.94. The Morgan fingerprint density at radius 2 is 2.31 bits per heavy atom. The Morgan fingerprint density at radius 1 is 1.62 bits per heavy atom. The van der Waals surface area contributed by atoms with Crippen LogP contribution in [-0.4, -0.2) is 16.3 Å². The molecule has 3 nitrogen and oxygen atoms in total. The first-order valence-electron chi connectivity index (χ1n) is 5.38. The van der Waals surface area contributed by atoms with Crippen LogP contribution >= 0.6 is 11.6 Å². The van der Waals surface area contributed by atoms with Crippen molar-refractivity contribution in [2.24, 2.45) is 5.73 Å². The Kier molecular flexibility index (Phi) is 4.44. The van der Waals surface area contributed by atoms with Gasteiger partial charge in [0.15, 0.2) is 5.78 Å². The molecule has 1 atom stereocenters. The van der Waals surface area contributed by atoms with Gasteiger partial charge in [0.2, 0.25) is 0 Å². The summed E-state index contributed by atoms with van der Waals surface area (Å²) in [5.41, 5.74) is 5.98. The maximum Gasteiger partial charge on any atom is 0.156 e. The molecule has 0 saturated heterocycles. The fourth-order valence-electron chi connectivity index (χ4n) is 1.58. The van der Waals surface area contributed by atoms with E-state index in [-0.39, 0.29) is 12.2 Å². The van der Waals surface area contributed by atoms with Crippen molar-refractivity contribution >= 4 is 17.4 Å². The third-order valence-corrected chi connectivity index (χ3v) is 2.95. The molecule has 0 radical (unpaired) electrons. The van der Waals surface area contributed by atoms with E-state index in [4.69, 9.17) is 17.3 Å². The number of hydrogen-bond acceptors (Lipinski definition) is 3. The summed E-state index contributed by atoms with van der Waals surface area (Å²) < 4.78 is 0. The molecule has 16 heavy (non-hydrogen) atoms. The third-order valence-electron chi connectivity index (χ3n) is 2.61. The number of ketones is 1. The monoisotopic (exact) mass is 240 g/mol. The summed E-state index contributed by atoms with van der Waals surface area (Å²) in [6.45, 7) is 3.78. The van der Waals surface area contributed by atoms with Crippen LogP contribution in [0.5, 0.6) is 0 Å². The van der Waals surface area contributed by atoms with Crippen molar-refractivity contribution in [1.29, 1.82) is 0 Å². The van der Waals surface area contributed by atoms with Crippen LogP contribution in [0.25, 0.3) is 0 Å². The average Bonchev–Trinajstić information content (AvgIpc) is 2.21. The van der Waals surface area contributed by atoms with E-state index in [0.29, 0.717) is 11.4 Å². The molecule has 0 spiro atoms. The highest BCUT2D eigenvalue weighted by atomic mass is 35.5. The third kappa shape index (κ3) is 3.29. The number of carbonyl (C=O) groups is 1. The normalized spacial score (nSPS) is 14.5. The fraction of sp³-hybridized carbons (Fsp3) is 0.500. The number of nitrogens with two attached hydrogens (primary N) is 1. The SMILES string of the molecule is CCCC(C)(N)C(=O)Cc1ccncc1Cl. The van der Waals surface area contributed by atoms with E-state index < -0.39 is 5.54 Å². The van der Waals surface area contributed by atoms with E-state index in [1.807, 2.05) is 6.92 Å². The highest BCUT2D eigenvalue weighted by Gasteiger charge is 2.27. The molecule has 0 aromatic carbocycles. The number of halogens is 1. The Bertz CT molecular complexity index is 377. The smallest absolute Gasteiger partial charge is 0.156 e. The first-order valence-corrected chi connectivity index (χ1v) is 5.75. The number of pyridine rings is 1. The molecule has 0 bridgehead atoms. The molecule has 0 aliphatic carbocycles. The Balaban J connectivity index is 2.75. The van der Waals surface area contributed by atoms with Crippen LogP contribution < -0.4 is 5.73 Å². The topological polar surface area (TPSA) is 56.0 Å². The Morgan fingerprint density at radius 3 is 2.88 bits per heavy atom. The number of rotatable bonds is 5. The largest absolute Gasteiger partial charge is 0.319 e. The minimum atomic E-state index is -0.763. The summed E-state index contributed by atoms with van der Waals surface area (Å²) in [7, 11) is 0. The lowest BCUT2D eigenvalue weighted by atomic mass is 9.89. The van der Waals surface area contributed by atoms with Gasteiger partial charge in [-0.25, -0.2) is 0 Å². The van der Waals surface area contributed by atoms with Gasteiger partial charge in [0.1, 0.15) is 0 Å². The first kappa shape index (κ1) is 13.1. The van der Waals surface area contributed by atoms with Crippen LogP contribution in [0.3, 0.4) is 0 Å². The minimum absolute atomic E-state index is 0.0162. The van der Waals surface area contributed by atoms with Gasteiger partial charge in [-0.2, -0.15) is 0 Å². The lowest BCUT2D eigenvalue weighted by Crippen LogP contribution is -2.45. The lowest BCUT2D eigenvalue weighted by molar-refractivity contribution is -0.123. The van der Waals surface area contributed by atoms with E-state index in [0.717, 1.165) is 12.0 Å². The van der Waals surface area contributed by atoms with Crippen molar-refractivity contribution in [2.45, 2.75) is 38.6 Å². The predicted molar refractivity (Wildman–Crippen MR) is 65.5 cm³/mol. The van der Waals surface area contributed by atoms with Crippen LogP contribution in [0, 0.1) is 0 Å². The molecule has 1 unspecified atom stereocenters. The molecule has 1 rings (SSSR count). The van der Waals surface area contributed by atoms with Gasteiger partial charge in [-0.15, -0.1) is 0 Å². The van der Waals surface area contributed by atoms with Crippen molar-refractivity contribution in [2.75, 3.05) is 0 Å². The number of carbonyl (C=O) groups excluding carboxylic acids is 1. The molecule has 2 N–H and O–H groups in total. The van der Waals surface area contributed by atoms with Gasteiger partial charge in [-0.05, 0) is 25.0 Å². The molecule has 0 aliphatic rings. The Hall–Kier alpha value is -0.930. The first-order chi connectivity index (χ1) is 7.47. The zero-order valence-corrected chi connectivity index (χ0v) is 10.4. The zero-order chi connectivity index (χ0) is 12.2. The van der Waals surface area contributed by atoms with E-state index >= 15 is 0 Å². The summed E-state index contributed by atoms with van der Waals surface area (Å²) in [5.74, 6) is 0.0162. The molecule has 1 aromatic heterocycles. The van der Waals surface area contributed by atoms with Gasteiger partial charge >= 0.3 is 0 Å². The van der Waals surface area contributed by atoms with Crippen molar-refractivity contribution in [1.82, 2.24) is 4.98 Å². The Labute approximate surface area is 101 Å². The molecular weight excluding hydrogens is 224 g/mol.